The second kappa shape index (κ2) is 7.42. The van der Waals surface area contributed by atoms with Gasteiger partial charge < -0.3 is 10.6 Å². The first-order chi connectivity index (χ1) is 6.56. The van der Waals surface area contributed by atoms with Crippen molar-refractivity contribution in [2.24, 2.45) is 5.92 Å². The highest BCUT2D eigenvalue weighted by molar-refractivity contribution is 5.87. The Labute approximate surface area is 87.0 Å². The molecular formula is C11H22N2O. The number of hydrogen-bond donors (Lipinski definition) is 2. The Bertz CT molecular complexity index is 197. The summed E-state index contributed by atoms with van der Waals surface area (Å²) in [4.78, 5) is 11.2. The van der Waals surface area contributed by atoms with E-state index in [0.29, 0.717) is 5.92 Å². The van der Waals surface area contributed by atoms with Crippen molar-refractivity contribution in [2.45, 2.75) is 34.1 Å². The number of carbonyl (C=O) groups is 1. The molecule has 0 saturated heterocycles. The number of nitrogens with one attached hydrogen (secondary N) is 2. The predicted octanol–water partition coefficient (Wildman–Crippen LogP) is 1.66. The van der Waals surface area contributed by atoms with Gasteiger partial charge in [-0.05, 0) is 19.3 Å². The molecule has 0 bridgehead atoms. The van der Waals surface area contributed by atoms with E-state index in [2.05, 4.69) is 24.5 Å². The summed E-state index contributed by atoms with van der Waals surface area (Å²) in [6.07, 6.45) is 2.58. The summed E-state index contributed by atoms with van der Waals surface area (Å²) in [5.74, 6) is 0.581. The van der Waals surface area contributed by atoms with E-state index in [1.54, 1.807) is 6.08 Å². The Morgan fingerprint density at radius 2 is 2.00 bits per heavy atom. The molecule has 0 aliphatic carbocycles. The van der Waals surface area contributed by atoms with Crippen LogP contribution in [0.25, 0.3) is 0 Å². The van der Waals surface area contributed by atoms with Gasteiger partial charge in [-0.15, -0.1) is 0 Å². The van der Waals surface area contributed by atoms with Gasteiger partial charge >= 0.3 is 0 Å². The quantitative estimate of drug-likeness (QED) is 0.637. The summed E-state index contributed by atoms with van der Waals surface area (Å²) in [6.45, 7) is 9.87. The van der Waals surface area contributed by atoms with Gasteiger partial charge in [0.05, 0.1) is 0 Å². The van der Waals surface area contributed by atoms with Gasteiger partial charge in [-0.2, -0.15) is 0 Å². The third-order valence-electron chi connectivity index (χ3n) is 1.69. The molecule has 0 radical (unpaired) electrons. The monoisotopic (exact) mass is 198 g/mol. The van der Waals surface area contributed by atoms with Crippen LogP contribution in [-0.4, -0.2) is 19.0 Å². The number of carbonyl (C=O) groups excluding carboxylic acids is 1. The topological polar surface area (TPSA) is 41.1 Å². The van der Waals surface area contributed by atoms with Crippen LogP contribution in [0.15, 0.2) is 11.8 Å². The molecule has 0 aromatic carbocycles. The van der Waals surface area contributed by atoms with Crippen LogP contribution in [0, 0.1) is 5.92 Å². The molecule has 0 aliphatic rings. The number of amides is 1. The van der Waals surface area contributed by atoms with E-state index >= 15 is 0 Å². The van der Waals surface area contributed by atoms with Crippen LogP contribution < -0.4 is 10.6 Å². The van der Waals surface area contributed by atoms with Crippen molar-refractivity contribution in [2.75, 3.05) is 13.1 Å². The van der Waals surface area contributed by atoms with Gasteiger partial charge in [0, 0.05) is 24.9 Å². The first-order valence-corrected chi connectivity index (χ1v) is 5.26. The van der Waals surface area contributed by atoms with Gasteiger partial charge in [0.25, 0.3) is 0 Å². The van der Waals surface area contributed by atoms with Gasteiger partial charge in [0.15, 0.2) is 0 Å². The normalized spacial score (nSPS) is 11.6. The van der Waals surface area contributed by atoms with Crippen molar-refractivity contribution in [1.29, 1.82) is 0 Å². The molecule has 2 N–H and O–H groups in total. The van der Waals surface area contributed by atoms with Crippen LogP contribution in [0.3, 0.4) is 0 Å². The second-order valence-corrected chi connectivity index (χ2v) is 3.89. The maximum atomic E-state index is 11.2. The second-order valence-electron chi connectivity index (χ2n) is 3.89. The van der Waals surface area contributed by atoms with Crippen molar-refractivity contribution in [3.63, 3.8) is 0 Å². The molecule has 82 valence electrons. The molecule has 0 heterocycles. The smallest absolute Gasteiger partial charge is 0.245 e. The molecule has 0 fully saturated rings. The maximum Gasteiger partial charge on any atom is 0.245 e. The molecule has 3 nitrogen and oxygen atoms in total. The fourth-order valence-electron chi connectivity index (χ4n) is 0.912. The van der Waals surface area contributed by atoms with E-state index in [1.807, 2.05) is 13.8 Å². The van der Waals surface area contributed by atoms with E-state index < -0.39 is 0 Å². The number of allylic oxidation sites excluding steroid dienone is 1. The zero-order chi connectivity index (χ0) is 11.0. The maximum absolute atomic E-state index is 11.2. The Hall–Kier alpha value is -0.990. The molecule has 14 heavy (non-hydrogen) atoms. The van der Waals surface area contributed by atoms with Crippen LogP contribution in [0.5, 0.6) is 0 Å². The fraction of sp³-hybridized carbons (Fsp3) is 0.727. The predicted molar refractivity (Wildman–Crippen MR) is 59.9 cm³/mol. The molecule has 0 spiro atoms. The first-order valence-electron chi connectivity index (χ1n) is 5.26. The van der Waals surface area contributed by atoms with Crippen LogP contribution in [0.2, 0.25) is 0 Å². The Balaban J connectivity index is 3.78. The van der Waals surface area contributed by atoms with E-state index in [-0.39, 0.29) is 5.91 Å². The van der Waals surface area contributed by atoms with Crippen LogP contribution >= 0.6 is 0 Å². The summed E-state index contributed by atoms with van der Waals surface area (Å²) in [6, 6.07) is 0. The van der Waals surface area contributed by atoms with Crippen molar-refractivity contribution >= 4 is 5.91 Å². The highest BCUT2D eigenvalue weighted by atomic mass is 16.1. The van der Waals surface area contributed by atoms with Crippen molar-refractivity contribution in [3.8, 4) is 0 Å². The average Bonchev–Trinajstić information content (AvgIpc) is 2.11. The van der Waals surface area contributed by atoms with E-state index in [9.17, 15) is 4.79 Å². The first kappa shape index (κ1) is 13.0. The van der Waals surface area contributed by atoms with E-state index in [0.717, 1.165) is 25.2 Å². The minimum absolute atomic E-state index is 0.0133. The number of hydrogen-bond acceptors (Lipinski definition) is 2. The number of rotatable bonds is 6. The molecular weight excluding hydrogens is 176 g/mol. The molecule has 0 aliphatic heterocycles. The lowest BCUT2D eigenvalue weighted by Gasteiger charge is -2.08. The Morgan fingerprint density at radius 3 is 2.50 bits per heavy atom. The van der Waals surface area contributed by atoms with Gasteiger partial charge in [-0.3, -0.25) is 4.79 Å². The van der Waals surface area contributed by atoms with Gasteiger partial charge in [-0.25, -0.2) is 0 Å². The van der Waals surface area contributed by atoms with Crippen molar-refractivity contribution in [3.05, 3.63) is 11.8 Å². The zero-order valence-electron chi connectivity index (χ0n) is 9.68. The lowest BCUT2D eigenvalue weighted by molar-refractivity contribution is -0.116. The summed E-state index contributed by atoms with van der Waals surface area (Å²) < 4.78 is 0. The Morgan fingerprint density at radius 1 is 1.36 bits per heavy atom. The Kier molecular flexibility index (Phi) is 6.89. The molecule has 1 amide bonds. The molecule has 0 aromatic heterocycles. The SMILES string of the molecule is CCCNC(=O)/C=C(\C)NCC(C)C. The molecule has 0 saturated carbocycles. The summed E-state index contributed by atoms with van der Waals surface area (Å²) in [5, 5.41) is 5.99. The minimum atomic E-state index is -0.0133. The lowest BCUT2D eigenvalue weighted by Crippen LogP contribution is -2.24. The van der Waals surface area contributed by atoms with Crippen LogP contribution in [0.1, 0.15) is 34.1 Å². The highest BCUT2D eigenvalue weighted by Crippen LogP contribution is 1.92. The standard InChI is InChI=1S/C11H22N2O/c1-5-6-12-11(14)7-10(4)13-8-9(2)3/h7,9,13H,5-6,8H2,1-4H3,(H,12,14)/b10-7+. The molecule has 3 heteroatoms. The third-order valence-corrected chi connectivity index (χ3v) is 1.69. The molecule has 0 atom stereocenters. The zero-order valence-corrected chi connectivity index (χ0v) is 9.68. The third kappa shape index (κ3) is 7.65. The highest BCUT2D eigenvalue weighted by Gasteiger charge is 1.97. The largest absolute Gasteiger partial charge is 0.388 e. The molecule has 0 unspecified atom stereocenters. The van der Waals surface area contributed by atoms with Gasteiger partial charge in [-0.1, -0.05) is 20.8 Å². The van der Waals surface area contributed by atoms with Gasteiger partial charge in [0.1, 0.15) is 0 Å². The molecule has 0 aromatic rings. The average molecular weight is 198 g/mol. The van der Waals surface area contributed by atoms with E-state index in [1.165, 1.54) is 0 Å². The van der Waals surface area contributed by atoms with E-state index in [4.69, 9.17) is 0 Å². The minimum Gasteiger partial charge on any atom is -0.388 e. The lowest BCUT2D eigenvalue weighted by atomic mass is 10.2. The van der Waals surface area contributed by atoms with Crippen molar-refractivity contribution < 1.29 is 4.79 Å². The molecule has 0 rings (SSSR count). The van der Waals surface area contributed by atoms with Crippen molar-refractivity contribution in [1.82, 2.24) is 10.6 Å². The van der Waals surface area contributed by atoms with Crippen LogP contribution in [0.4, 0.5) is 0 Å². The summed E-state index contributed by atoms with van der Waals surface area (Å²) in [7, 11) is 0. The van der Waals surface area contributed by atoms with Gasteiger partial charge in [0.2, 0.25) is 5.91 Å². The summed E-state index contributed by atoms with van der Waals surface area (Å²) >= 11 is 0. The van der Waals surface area contributed by atoms with Crippen LogP contribution in [-0.2, 0) is 4.79 Å². The fourth-order valence-corrected chi connectivity index (χ4v) is 0.912. The summed E-state index contributed by atoms with van der Waals surface area (Å²) in [5.41, 5.74) is 0.923.